The average Bonchev–Trinajstić information content (AvgIpc) is 2.97. The van der Waals surface area contributed by atoms with Crippen molar-refractivity contribution in [3.8, 4) is 0 Å². The van der Waals surface area contributed by atoms with E-state index in [1.165, 1.54) is 11.3 Å². The van der Waals surface area contributed by atoms with Gasteiger partial charge in [0.05, 0.1) is 10.3 Å². The Labute approximate surface area is 171 Å². The Kier molecular flexibility index (Phi) is 9.27. The summed E-state index contributed by atoms with van der Waals surface area (Å²) in [6.45, 7) is 0.244. The molecule has 0 amide bonds. The van der Waals surface area contributed by atoms with Crippen molar-refractivity contribution >= 4 is 52.9 Å². The first-order valence-corrected chi connectivity index (χ1v) is 8.96. The fourth-order valence-electron chi connectivity index (χ4n) is 2.75. The van der Waals surface area contributed by atoms with Crippen molar-refractivity contribution in [2.45, 2.75) is 44.0 Å². The number of halogens is 5. The molecule has 1 fully saturated rings. The van der Waals surface area contributed by atoms with Gasteiger partial charge in [-0.3, -0.25) is 4.99 Å². The van der Waals surface area contributed by atoms with E-state index in [-0.39, 0.29) is 49.4 Å². The Bertz CT molecular complexity index is 562. The topological polar surface area (TPSA) is 56.7 Å². The molecule has 25 heavy (non-hydrogen) atoms. The second kappa shape index (κ2) is 10.2. The van der Waals surface area contributed by atoms with Gasteiger partial charge in [0.1, 0.15) is 6.10 Å². The minimum absolute atomic E-state index is 0. The van der Waals surface area contributed by atoms with Crippen molar-refractivity contribution in [3.63, 3.8) is 0 Å². The molecule has 1 aliphatic rings. The van der Waals surface area contributed by atoms with Gasteiger partial charge < -0.3 is 15.7 Å². The fourth-order valence-corrected chi connectivity index (χ4v) is 3.80. The molecule has 144 valence electrons. The molecule has 1 aromatic rings. The summed E-state index contributed by atoms with van der Waals surface area (Å²) in [6, 6.07) is 3.44. The predicted molar refractivity (Wildman–Crippen MR) is 106 cm³/mol. The third-order valence-corrected chi connectivity index (χ3v) is 5.47. The molecule has 0 spiro atoms. The van der Waals surface area contributed by atoms with Crippen LogP contribution in [0.1, 0.15) is 36.7 Å². The minimum atomic E-state index is -4.10. The first kappa shape index (κ1) is 22.8. The summed E-state index contributed by atoms with van der Waals surface area (Å²) in [7, 11) is 1.59. The van der Waals surface area contributed by atoms with Gasteiger partial charge in [-0.25, -0.2) is 0 Å². The largest absolute Gasteiger partial charge is 0.391 e. The van der Waals surface area contributed by atoms with Crippen LogP contribution in [-0.2, 0) is 0 Å². The SMILES string of the molecule is CN=C(NCC(O)c1ccc(Cl)s1)NC1CCC(C(F)(F)F)CC1.I. The van der Waals surface area contributed by atoms with Crippen LogP contribution in [0.3, 0.4) is 0 Å². The molecule has 3 N–H and O–H groups in total. The second-order valence-electron chi connectivity index (χ2n) is 5.85. The summed E-state index contributed by atoms with van der Waals surface area (Å²) in [6.07, 6.45) is -3.65. The standard InChI is InChI=1S/C15H21ClF3N3OS.HI/c1-20-14(21-8-11(23)12-6-7-13(16)24-12)22-10-4-2-9(3-5-10)15(17,18)19;/h6-7,9-11,23H,2-5,8H2,1H3,(H2,20,21,22);1H. The lowest BCUT2D eigenvalue weighted by Gasteiger charge is -2.31. The molecule has 0 bridgehead atoms. The molecular formula is C15H22ClF3IN3OS. The summed E-state index contributed by atoms with van der Waals surface area (Å²) < 4.78 is 38.6. The molecule has 10 heteroatoms. The summed E-state index contributed by atoms with van der Waals surface area (Å²) in [4.78, 5) is 4.80. The minimum Gasteiger partial charge on any atom is -0.386 e. The lowest BCUT2D eigenvalue weighted by atomic mass is 9.85. The third-order valence-electron chi connectivity index (χ3n) is 4.14. The highest BCUT2D eigenvalue weighted by atomic mass is 127. The molecule has 1 aliphatic carbocycles. The highest BCUT2D eigenvalue weighted by Crippen LogP contribution is 2.37. The van der Waals surface area contributed by atoms with E-state index in [4.69, 9.17) is 11.6 Å². The summed E-state index contributed by atoms with van der Waals surface area (Å²) in [5.74, 6) is -0.719. The number of thiophene rings is 1. The molecule has 1 atom stereocenters. The lowest BCUT2D eigenvalue weighted by Crippen LogP contribution is -2.46. The number of aliphatic hydroxyl groups is 1. The predicted octanol–water partition coefficient (Wildman–Crippen LogP) is 4.34. The van der Waals surface area contributed by atoms with E-state index in [0.717, 1.165) is 4.88 Å². The molecule has 2 rings (SSSR count). The van der Waals surface area contributed by atoms with E-state index in [2.05, 4.69) is 15.6 Å². The number of hydrogen-bond donors (Lipinski definition) is 3. The van der Waals surface area contributed by atoms with Gasteiger partial charge in [-0.05, 0) is 37.8 Å². The van der Waals surface area contributed by atoms with E-state index >= 15 is 0 Å². The maximum absolute atomic E-state index is 12.7. The highest BCUT2D eigenvalue weighted by Gasteiger charge is 2.41. The smallest absolute Gasteiger partial charge is 0.386 e. The van der Waals surface area contributed by atoms with E-state index in [1.54, 1.807) is 19.2 Å². The zero-order valence-electron chi connectivity index (χ0n) is 13.6. The van der Waals surface area contributed by atoms with Crippen LogP contribution in [0.4, 0.5) is 13.2 Å². The Morgan fingerprint density at radius 3 is 2.48 bits per heavy atom. The Balaban J connectivity index is 0.00000312. The number of rotatable bonds is 4. The Hall–Kier alpha value is -0.260. The van der Waals surface area contributed by atoms with Gasteiger partial charge in [0.25, 0.3) is 0 Å². The molecule has 0 aliphatic heterocycles. The normalized spacial score (nSPS) is 22.9. The van der Waals surface area contributed by atoms with Crippen LogP contribution >= 0.6 is 46.9 Å². The zero-order chi connectivity index (χ0) is 17.7. The van der Waals surface area contributed by atoms with Gasteiger partial charge >= 0.3 is 6.18 Å². The number of nitrogens with one attached hydrogen (secondary N) is 2. The van der Waals surface area contributed by atoms with Gasteiger partial charge in [0.15, 0.2) is 5.96 Å². The van der Waals surface area contributed by atoms with Crippen LogP contribution in [0.2, 0.25) is 4.34 Å². The van der Waals surface area contributed by atoms with Crippen molar-refractivity contribution in [2.75, 3.05) is 13.6 Å². The molecule has 0 saturated heterocycles. The maximum Gasteiger partial charge on any atom is 0.391 e. The number of aliphatic imine (C=N–C) groups is 1. The first-order chi connectivity index (χ1) is 11.3. The molecule has 0 radical (unpaired) electrons. The maximum atomic E-state index is 12.7. The van der Waals surface area contributed by atoms with Crippen LogP contribution in [-0.4, -0.2) is 36.9 Å². The van der Waals surface area contributed by atoms with Gasteiger partial charge in [-0.2, -0.15) is 13.2 Å². The fraction of sp³-hybridized carbons (Fsp3) is 0.667. The van der Waals surface area contributed by atoms with E-state index < -0.39 is 18.2 Å². The molecule has 1 unspecified atom stereocenters. The number of hydrogen-bond acceptors (Lipinski definition) is 3. The van der Waals surface area contributed by atoms with Gasteiger partial charge in [-0.1, -0.05) is 11.6 Å². The number of nitrogens with zero attached hydrogens (tertiary/aromatic N) is 1. The molecule has 1 saturated carbocycles. The van der Waals surface area contributed by atoms with Crippen molar-refractivity contribution < 1.29 is 18.3 Å². The highest BCUT2D eigenvalue weighted by molar-refractivity contribution is 14.0. The van der Waals surface area contributed by atoms with Crippen LogP contribution in [0, 0.1) is 5.92 Å². The van der Waals surface area contributed by atoms with Crippen molar-refractivity contribution in [3.05, 3.63) is 21.3 Å². The Morgan fingerprint density at radius 2 is 2.00 bits per heavy atom. The quantitative estimate of drug-likeness (QED) is 0.320. The Morgan fingerprint density at radius 1 is 1.36 bits per heavy atom. The van der Waals surface area contributed by atoms with Gasteiger partial charge in [0.2, 0.25) is 0 Å². The van der Waals surface area contributed by atoms with Crippen LogP contribution in [0.15, 0.2) is 17.1 Å². The molecule has 1 aromatic heterocycles. The van der Waals surface area contributed by atoms with Crippen LogP contribution in [0.5, 0.6) is 0 Å². The first-order valence-electron chi connectivity index (χ1n) is 7.76. The monoisotopic (exact) mass is 511 g/mol. The van der Waals surface area contributed by atoms with Gasteiger partial charge in [-0.15, -0.1) is 35.3 Å². The third kappa shape index (κ3) is 7.10. The summed E-state index contributed by atoms with van der Waals surface area (Å²) in [5, 5.41) is 16.2. The van der Waals surface area contributed by atoms with E-state index in [0.29, 0.717) is 23.1 Å². The van der Waals surface area contributed by atoms with E-state index in [9.17, 15) is 18.3 Å². The van der Waals surface area contributed by atoms with Crippen molar-refractivity contribution in [1.29, 1.82) is 0 Å². The number of aliphatic hydroxyl groups excluding tert-OH is 1. The van der Waals surface area contributed by atoms with Crippen molar-refractivity contribution in [1.82, 2.24) is 10.6 Å². The van der Waals surface area contributed by atoms with Crippen molar-refractivity contribution in [2.24, 2.45) is 10.9 Å². The van der Waals surface area contributed by atoms with E-state index in [1.807, 2.05) is 0 Å². The lowest BCUT2D eigenvalue weighted by molar-refractivity contribution is -0.182. The average molecular weight is 512 g/mol. The number of alkyl halides is 3. The molecule has 4 nitrogen and oxygen atoms in total. The van der Waals surface area contributed by atoms with Gasteiger partial charge in [0, 0.05) is 24.5 Å². The zero-order valence-corrected chi connectivity index (χ0v) is 17.5. The molecular weight excluding hydrogens is 490 g/mol. The summed E-state index contributed by atoms with van der Waals surface area (Å²) in [5.41, 5.74) is 0. The second-order valence-corrected chi connectivity index (χ2v) is 7.59. The van der Waals surface area contributed by atoms with Crippen LogP contribution < -0.4 is 10.6 Å². The summed E-state index contributed by atoms with van der Waals surface area (Å²) >= 11 is 7.14. The molecule has 0 aromatic carbocycles. The molecule has 1 heterocycles. The van der Waals surface area contributed by atoms with Crippen LogP contribution in [0.25, 0.3) is 0 Å². The number of guanidine groups is 1.